The number of furan rings is 1. The maximum Gasteiger partial charge on any atom is 0.212 e. The lowest BCUT2D eigenvalue weighted by Gasteiger charge is -2.05. The summed E-state index contributed by atoms with van der Waals surface area (Å²) < 4.78 is 8.32. The molecule has 0 unspecified atom stereocenters. The van der Waals surface area contributed by atoms with E-state index >= 15 is 0 Å². The summed E-state index contributed by atoms with van der Waals surface area (Å²) >= 11 is 0. The maximum atomic E-state index is 6.16. The number of aryl methyl sites for hydroxylation is 2. The second-order valence-electron chi connectivity index (χ2n) is 6.62. The number of hydrogen-bond donors (Lipinski definition) is 0. The fourth-order valence-electron chi connectivity index (χ4n) is 3.77. The summed E-state index contributed by atoms with van der Waals surface area (Å²) in [6.07, 6.45) is 2.09. The Morgan fingerprint density at radius 2 is 1.64 bits per heavy atom. The molecule has 0 saturated heterocycles. The van der Waals surface area contributed by atoms with E-state index in [9.17, 15) is 0 Å². The number of rotatable bonds is 1. The Labute approximate surface area is 145 Å². The van der Waals surface area contributed by atoms with Crippen molar-refractivity contribution in [1.82, 2.24) is 0 Å². The molecule has 0 aliphatic rings. The van der Waals surface area contributed by atoms with E-state index in [0.717, 1.165) is 11.2 Å². The van der Waals surface area contributed by atoms with Gasteiger partial charge >= 0.3 is 0 Å². The first-order chi connectivity index (χ1) is 12.2. The highest BCUT2D eigenvalue weighted by atomic mass is 16.3. The van der Waals surface area contributed by atoms with E-state index in [0.29, 0.717) is 0 Å². The summed E-state index contributed by atoms with van der Waals surface area (Å²) in [6, 6.07) is 23.4. The highest BCUT2D eigenvalue weighted by Crippen LogP contribution is 2.37. The molecule has 0 amide bonds. The van der Waals surface area contributed by atoms with Gasteiger partial charge in [0.1, 0.15) is 18.2 Å². The minimum Gasteiger partial charge on any atom is -0.456 e. The Balaban J connectivity index is 1.93. The molecular formula is C23H18NO+. The Kier molecular flexibility index (Phi) is 2.95. The Hall–Kier alpha value is -3.13. The number of pyridine rings is 1. The first-order valence-electron chi connectivity index (χ1n) is 8.52. The molecular weight excluding hydrogens is 306 g/mol. The second kappa shape index (κ2) is 5.18. The summed E-state index contributed by atoms with van der Waals surface area (Å²) in [5.74, 6) is 0. The van der Waals surface area contributed by atoms with Gasteiger partial charge in [-0.2, -0.15) is 0 Å². The van der Waals surface area contributed by atoms with Crippen molar-refractivity contribution in [3.63, 3.8) is 0 Å². The van der Waals surface area contributed by atoms with Crippen molar-refractivity contribution in [2.75, 3.05) is 0 Å². The molecule has 5 aromatic rings. The Morgan fingerprint density at radius 1 is 0.800 bits per heavy atom. The van der Waals surface area contributed by atoms with E-state index in [1.807, 2.05) is 0 Å². The van der Waals surface area contributed by atoms with Gasteiger partial charge in [0.05, 0.1) is 0 Å². The van der Waals surface area contributed by atoms with Crippen LogP contribution in [0.15, 0.2) is 77.3 Å². The van der Waals surface area contributed by atoms with Crippen LogP contribution in [0.1, 0.15) is 5.56 Å². The first kappa shape index (κ1) is 14.2. The van der Waals surface area contributed by atoms with E-state index in [2.05, 4.69) is 91.5 Å². The number of benzene rings is 3. The molecule has 120 valence electrons. The van der Waals surface area contributed by atoms with Crippen LogP contribution in [0.3, 0.4) is 0 Å². The van der Waals surface area contributed by atoms with Crippen molar-refractivity contribution in [3.8, 4) is 11.3 Å². The van der Waals surface area contributed by atoms with Gasteiger partial charge in [-0.05, 0) is 47.5 Å². The lowest BCUT2D eigenvalue weighted by atomic mass is 9.99. The highest BCUT2D eigenvalue weighted by Gasteiger charge is 2.17. The van der Waals surface area contributed by atoms with Gasteiger partial charge in [0.2, 0.25) is 5.69 Å². The van der Waals surface area contributed by atoms with E-state index in [1.165, 1.54) is 38.4 Å². The smallest absolute Gasteiger partial charge is 0.212 e. The van der Waals surface area contributed by atoms with Gasteiger partial charge in [0, 0.05) is 28.5 Å². The normalized spacial score (nSPS) is 11.6. The van der Waals surface area contributed by atoms with Crippen molar-refractivity contribution >= 4 is 32.7 Å². The Morgan fingerprint density at radius 3 is 2.52 bits per heavy atom. The van der Waals surface area contributed by atoms with Crippen molar-refractivity contribution in [3.05, 3.63) is 78.5 Å². The van der Waals surface area contributed by atoms with Gasteiger partial charge in [-0.15, -0.1) is 0 Å². The number of hydrogen-bond acceptors (Lipinski definition) is 1. The standard InChI is InChI=1S/C23H18NO/c1-15-13-22-19(14-18(15)20-9-5-6-12-24(20)2)23-17-8-4-3-7-16(17)10-11-21(23)25-22/h3-14H,1-2H3/q+1. The molecule has 0 saturated carbocycles. The highest BCUT2D eigenvalue weighted by molar-refractivity contribution is 6.19. The number of aromatic nitrogens is 1. The molecule has 0 fully saturated rings. The largest absolute Gasteiger partial charge is 0.456 e. The van der Waals surface area contributed by atoms with Crippen LogP contribution >= 0.6 is 0 Å². The molecule has 0 bridgehead atoms. The zero-order valence-corrected chi connectivity index (χ0v) is 14.3. The monoisotopic (exact) mass is 324 g/mol. The number of fused-ring (bicyclic) bond motifs is 5. The molecule has 0 radical (unpaired) electrons. The fraction of sp³-hybridized carbons (Fsp3) is 0.0870. The third-order valence-electron chi connectivity index (χ3n) is 5.04. The van der Waals surface area contributed by atoms with Crippen LogP contribution in [0.5, 0.6) is 0 Å². The zero-order chi connectivity index (χ0) is 17.0. The molecule has 0 aliphatic heterocycles. The quantitative estimate of drug-likeness (QED) is 0.370. The summed E-state index contributed by atoms with van der Waals surface area (Å²) in [5.41, 5.74) is 5.56. The van der Waals surface area contributed by atoms with Crippen molar-refractivity contribution < 1.29 is 8.98 Å². The molecule has 5 rings (SSSR count). The average molecular weight is 324 g/mol. The van der Waals surface area contributed by atoms with Crippen LogP contribution in [-0.4, -0.2) is 0 Å². The molecule has 0 spiro atoms. The van der Waals surface area contributed by atoms with Gasteiger partial charge in [-0.1, -0.05) is 30.3 Å². The fourth-order valence-corrected chi connectivity index (χ4v) is 3.77. The lowest BCUT2D eigenvalue weighted by Crippen LogP contribution is -2.30. The minimum absolute atomic E-state index is 0.947. The van der Waals surface area contributed by atoms with E-state index in [1.54, 1.807) is 0 Å². The molecule has 2 heterocycles. The van der Waals surface area contributed by atoms with E-state index in [-0.39, 0.29) is 0 Å². The van der Waals surface area contributed by atoms with Crippen LogP contribution in [0, 0.1) is 6.92 Å². The van der Waals surface area contributed by atoms with Crippen molar-refractivity contribution in [2.45, 2.75) is 6.92 Å². The van der Waals surface area contributed by atoms with Crippen LogP contribution < -0.4 is 4.57 Å². The predicted octanol–water partition coefficient (Wildman–Crippen LogP) is 5.54. The predicted molar refractivity (Wildman–Crippen MR) is 103 cm³/mol. The zero-order valence-electron chi connectivity index (χ0n) is 14.3. The van der Waals surface area contributed by atoms with Gasteiger partial charge in [0.25, 0.3) is 0 Å². The SMILES string of the molecule is Cc1cc2oc3ccc4ccccc4c3c2cc1-c1cccc[n+]1C. The third kappa shape index (κ3) is 2.07. The molecule has 3 aromatic carbocycles. The molecule has 0 aliphatic carbocycles. The molecule has 2 aromatic heterocycles. The summed E-state index contributed by atoms with van der Waals surface area (Å²) in [5, 5.41) is 4.86. The van der Waals surface area contributed by atoms with Gasteiger partial charge < -0.3 is 4.42 Å². The van der Waals surface area contributed by atoms with E-state index in [4.69, 9.17) is 4.42 Å². The van der Waals surface area contributed by atoms with Crippen molar-refractivity contribution in [2.24, 2.45) is 7.05 Å². The van der Waals surface area contributed by atoms with Gasteiger partial charge in [-0.25, -0.2) is 4.57 Å². The molecule has 2 nitrogen and oxygen atoms in total. The summed E-state index contributed by atoms with van der Waals surface area (Å²) in [4.78, 5) is 0. The summed E-state index contributed by atoms with van der Waals surface area (Å²) in [6.45, 7) is 2.15. The van der Waals surface area contributed by atoms with Crippen LogP contribution in [0.4, 0.5) is 0 Å². The first-order valence-corrected chi connectivity index (χ1v) is 8.52. The molecule has 2 heteroatoms. The molecule has 25 heavy (non-hydrogen) atoms. The summed E-state index contributed by atoms with van der Waals surface area (Å²) in [7, 11) is 2.09. The van der Waals surface area contributed by atoms with Crippen LogP contribution in [-0.2, 0) is 7.05 Å². The Bertz CT molecular complexity index is 1260. The third-order valence-corrected chi connectivity index (χ3v) is 5.04. The van der Waals surface area contributed by atoms with E-state index < -0.39 is 0 Å². The molecule has 0 N–H and O–H groups in total. The maximum absolute atomic E-state index is 6.16. The second-order valence-corrected chi connectivity index (χ2v) is 6.62. The van der Waals surface area contributed by atoms with Crippen molar-refractivity contribution in [1.29, 1.82) is 0 Å². The minimum atomic E-state index is 0.947. The lowest BCUT2D eigenvalue weighted by molar-refractivity contribution is -0.660. The van der Waals surface area contributed by atoms with Gasteiger partial charge in [0.15, 0.2) is 6.20 Å². The average Bonchev–Trinajstić information content (AvgIpc) is 2.99. The van der Waals surface area contributed by atoms with Crippen LogP contribution in [0.25, 0.3) is 44.0 Å². The topological polar surface area (TPSA) is 17.0 Å². The van der Waals surface area contributed by atoms with Crippen LogP contribution in [0.2, 0.25) is 0 Å². The van der Waals surface area contributed by atoms with Gasteiger partial charge in [-0.3, -0.25) is 0 Å². The number of nitrogens with zero attached hydrogens (tertiary/aromatic N) is 1. The molecule has 0 atom stereocenters.